The summed E-state index contributed by atoms with van der Waals surface area (Å²) < 4.78 is 30.2. The maximum atomic E-state index is 13.6. The Hall–Kier alpha value is -3.14. The Morgan fingerprint density at radius 2 is 1.57 bits per heavy atom. The van der Waals surface area contributed by atoms with Gasteiger partial charge in [0.2, 0.25) is 0 Å². The smallest absolute Gasteiger partial charge is 0.335 e. The van der Waals surface area contributed by atoms with Crippen molar-refractivity contribution in [3.05, 3.63) is 35.8 Å². The lowest BCUT2D eigenvalue weighted by molar-refractivity contribution is -0.239. The Kier molecular flexibility index (Phi) is 8.80. The molecule has 0 amide bonds. The van der Waals surface area contributed by atoms with Crippen molar-refractivity contribution < 1.29 is 47.6 Å². The highest BCUT2D eigenvalue weighted by molar-refractivity contribution is 5.75. The Labute approximate surface area is 271 Å². The second kappa shape index (κ2) is 11.8. The van der Waals surface area contributed by atoms with Crippen molar-refractivity contribution in [2.75, 3.05) is 0 Å². The topological polar surface area (TPSA) is 139 Å². The van der Waals surface area contributed by atoms with Crippen LogP contribution in [0.4, 0.5) is 0 Å². The van der Waals surface area contributed by atoms with E-state index in [1.54, 1.807) is 12.5 Å². The first kappa shape index (κ1) is 34.2. The van der Waals surface area contributed by atoms with Crippen LogP contribution in [0.25, 0.3) is 0 Å². The van der Waals surface area contributed by atoms with Crippen molar-refractivity contribution in [1.82, 2.24) is 0 Å². The lowest BCUT2D eigenvalue weighted by Gasteiger charge is -2.67. The molecule has 0 spiro atoms. The van der Waals surface area contributed by atoms with Crippen LogP contribution in [0.5, 0.6) is 0 Å². The number of carbonyl (C=O) groups is 4. The van der Waals surface area contributed by atoms with E-state index < -0.39 is 82.0 Å². The predicted octanol–water partition coefficient (Wildman–Crippen LogP) is 5.66. The van der Waals surface area contributed by atoms with Gasteiger partial charge in [-0.2, -0.15) is 0 Å². The third-order valence-corrected chi connectivity index (χ3v) is 12.4. The largest absolute Gasteiger partial charge is 0.472 e. The third kappa shape index (κ3) is 5.19. The van der Waals surface area contributed by atoms with Gasteiger partial charge >= 0.3 is 23.9 Å². The molecular formula is C36H50O10. The van der Waals surface area contributed by atoms with Crippen LogP contribution >= 0.6 is 0 Å². The van der Waals surface area contributed by atoms with Crippen molar-refractivity contribution in [3.8, 4) is 0 Å². The minimum absolute atomic E-state index is 0.124. The average molecular weight is 643 g/mol. The maximum absolute atomic E-state index is 13.6. The maximum Gasteiger partial charge on any atom is 0.335 e. The van der Waals surface area contributed by atoms with Gasteiger partial charge in [-0.3, -0.25) is 14.4 Å². The normalized spacial score (nSPS) is 39.3. The average Bonchev–Trinajstić information content (AvgIpc) is 3.60. The van der Waals surface area contributed by atoms with E-state index >= 15 is 0 Å². The molecule has 3 aliphatic carbocycles. The first-order valence-corrected chi connectivity index (χ1v) is 16.6. The first-order chi connectivity index (χ1) is 21.4. The summed E-state index contributed by atoms with van der Waals surface area (Å²) in [5.74, 6) is -3.32. The van der Waals surface area contributed by atoms with Crippen molar-refractivity contribution in [1.29, 1.82) is 0 Å². The predicted molar refractivity (Wildman–Crippen MR) is 166 cm³/mol. The molecule has 0 radical (unpaired) electrons. The lowest BCUT2D eigenvalue weighted by atomic mass is 9.39. The molecule has 1 aromatic rings. The molecule has 2 heterocycles. The number of allylic oxidation sites excluding steroid dienone is 1. The molecule has 3 fully saturated rings. The van der Waals surface area contributed by atoms with Gasteiger partial charge in [-0.25, -0.2) is 4.79 Å². The molecule has 254 valence electrons. The van der Waals surface area contributed by atoms with Crippen LogP contribution in [0.2, 0.25) is 0 Å². The number of ether oxygens (including phenoxy) is 4. The van der Waals surface area contributed by atoms with Gasteiger partial charge in [-0.05, 0) is 56.6 Å². The van der Waals surface area contributed by atoms with Gasteiger partial charge in [-0.1, -0.05) is 52.7 Å². The van der Waals surface area contributed by atoms with E-state index in [0.29, 0.717) is 25.7 Å². The molecule has 1 N–H and O–H groups in total. The fourth-order valence-electron chi connectivity index (χ4n) is 10.0. The van der Waals surface area contributed by atoms with E-state index in [9.17, 15) is 24.3 Å². The van der Waals surface area contributed by atoms with Crippen LogP contribution in [-0.2, 0) is 38.1 Å². The summed E-state index contributed by atoms with van der Waals surface area (Å²) in [7, 11) is 0. The molecule has 0 bridgehead atoms. The van der Waals surface area contributed by atoms with E-state index in [1.165, 1.54) is 13.8 Å². The van der Waals surface area contributed by atoms with Gasteiger partial charge < -0.3 is 28.5 Å². The molecule has 2 unspecified atom stereocenters. The van der Waals surface area contributed by atoms with Crippen molar-refractivity contribution in [2.45, 2.75) is 130 Å². The minimum atomic E-state index is -1.30. The number of esters is 4. The molecule has 4 aliphatic rings. The number of hydrogen-bond donors (Lipinski definition) is 1. The summed E-state index contributed by atoms with van der Waals surface area (Å²) in [6, 6.07) is 1.92. The molecule has 10 heteroatoms. The molecule has 2 saturated carbocycles. The summed E-state index contributed by atoms with van der Waals surface area (Å²) in [6.45, 7) is 16.4. The zero-order valence-corrected chi connectivity index (χ0v) is 28.6. The van der Waals surface area contributed by atoms with Gasteiger partial charge in [0.15, 0.2) is 6.10 Å². The fourth-order valence-corrected chi connectivity index (χ4v) is 10.0. The number of hydrogen-bond acceptors (Lipinski definition) is 10. The number of aliphatic hydroxyl groups excluding tert-OH is 1. The van der Waals surface area contributed by atoms with E-state index in [-0.39, 0.29) is 18.3 Å². The molecule has 11 atom stereocenters. The van der Waals surface area contributed by atoms with Crippen LogP contribution in [0.15, 0.2) is 34.7 Å². The quantitative estimate of drug-likeness (QED) is 0.225. The highest BCUT2D eigenvalue weighted by Gasteiger charge is 2.73. The second-order valence-corrected chi connectivity index (χ2v) is 15.2. The summed E-state index contributed by atoms with van der Waals surface area (Å²) in [5.41, 5.74) is -1.49. The lowest BCUT2D eigenvalue weighted by Crippen LogP contribution is -2.69. The molecule has 1 aromatic heterocycles. The summed E-state index contributed by atoms with van der Waals surface area (Å²) in [6.07, 6.45) is 3.82. The molecular weight excluding hydrogens is 592 g/mol. The zero-order valence-electron chi connectivity index (χ0n) is 28.6. The number of rotatable bonds is 7. The minimum Gasteiger partial charge on any atom is -0.472 e. The van der Waals surface area contributed by atoms with Crippen molar-refractivity contribution >= 4 is 23.9 Å². The monoisotopic (exact) mass is 642 g/mol. The molecule has 1 saturated heterocycles. The molecule has 0 aromatic carbocycles. The second-order valence-electron chi connectivity index (χ2n) is 15.2. The van der Waals surface area contributed by atoms with Crippen LogP contribution < -0.4 is 0 Å². The van der Waals surface area contributed by atoms with E-state index in [1.807, 2.05) is 40.7 Å². The molecule has 46 heavy (non-hydrogen) atoms. The van der Waals surface area contributed by atoms with Crippen molar-refractivity contribution in [3.63, 3.8) is 0 Å². The zero-order chi connectivity index (χ0) is 34.0. The van der Waals surface area contributed by atoms with Gasteiger partial charge in [0.25, 0.3) is 0 Å². The van der Waals surface area contributed by atoms with E-state index in [0.717, 1.165) is 11.1 Å². The van der Waals surface area contributed by atoms with Gasteiger partial charge in [-0.15, -0.1) is 0 Å². The van der Waals surface area contributed by atoms with E-state index in [4.69, 9.17) is 23.4 Å². The standard InChI is InChI=1S/C36H50O10/c1-10-19(2)31(40)32(41)45-27-16-26-35(8,24-12-11-23(34(24,27)7)22-13-14-42-18-22)28(43-20(3)37)15-25-33(5,6)46-30(39)17-29(36(25,26)9)44-21(4)38/h12-14,18-19,23,25-29,31,40H,10-11,15-17H2,1-9H3/t19?,23-,25-,26-,27-,28+,29-,31?,34-,35-,36-/m0/s1. The van der Waals surface area contributed by atoms with Crippen molar-refractivity contribution in [2.24, 2.45) is 34.0 Å². The first-order valence-electron chi connectivity index (χ1n) is 16.6. The third-order valence-electron chi connectivity index (χ3n) is 12.4. The number of fused-ring (bicyclic) bond motifs is 5. The number of aliphatic hydroxyl groups is 1. The van der Waals surface area contributed by atoms with Gasteiger partial charge in [0.1, 0.15) is 23.9 Å². The number of furan rings is 1. The number of carbonyl (C=O) groups excluding carboxylic acids is 4. The molecule has 10 nitrogen and oxygen atoms in total. The Morgan fingerprint density at radius 1 is 0.957 bits per heavy atom. The Morgan fingerprint density at radius 3 is 2.15 bits per heavy atom. The van der Waals surface area contributed by atoms with Crippen LogP contribution in [0, 0.1) is 34.0 Å². The molecule has 1 aliphatic heterocycles. The van der Waals surface area contributed by atoms with E-state index in [2.05, 4.69) is 19.9 Å². The van der Waals surface area contributed by atoms with Gasteiger partial charge in [0.05, 0.1) is 18.9 Å². The van der Waals surface area contributed by atoms with Crippen LogP contribution in [-0.4, -0.2) is 59.0 Å². The number of cyclic esters (lactones) is 1. The van der Waals surface area contributed by atoms with Crippen LogP contribution in [0.3, 0.4) is 0 Å². The van der Waals surface area contributed by atoms with Gasteiger partial charge in [0, 0.05) is 41.9 Å². The summed E-state index contributed by atoms with van der Waals surface area (Å²) in [4.78, 5) is 52.2. The van der Waals surface area contributed by atoms with Crippen LogP contribution in [0.1, 0.15) is 106 Å². The summed E-state index contributed by atoms with van der Waals surface area (Å²) in [5, 5.41) is 11.0. The SMILES string of the molecule is CCC(C)C(O)C(=O)O[C@H]1C[C@H]2[C@](C)(C3=CC[C@@H](c4ccoc4)[C@@]31C)[C@H](OC(C)=O)C[C@H]1C(C)(C)OC(=O)C[C@H](OC(C)=O)[C@@]12C. The molecule has 5 rings (SSSR count). The Balaban J connectivity index is 1.74. The Bertz CT molecular complexity index is 1400. The highest BCUT2D eigenvalue weighted by atomic mass is 16.6. The highest BCUT2D eigenvalue weighted by Crippen LogP contribution is 2.73. The fraction of sp³-hybridized carbons (Fsp3) is 0.722. The summed E-state index contributed by atoms with van der Waals surface area (Å²) >= 11 is 0.